The second-order valence-corrected chi connectivity index (χ2v) is 6.29. The van der Waals surface area contributed by atoms with E-state index in [1.807, 2.05) is 24.3 Å². The zero-order chi connectivity index (χ0) is 18.8. The number of aromatic nitrogens is 2. The zero-order valence-corrected chi connectivity index (χ0v) is 14.8. The molecule has 27 heavy (non-hydrogen) atoms. The van der Waals surface area contributed by atoms with Gasteiger partial charge in [0.25, 0.3) is 10.8 Å². The topological polar surface area (TPSA) is 91.7 Å². The van der Waals surface area contributed by atoms with Gasteiger partial charge in [-0.05, 0) is 37.1 Å². The van der Waals surface area contributed by atoms with Crippen molar-refractivity contribution in [3.05, 3.63) is 47.4 Å². The Morgan fingerprint density at radius 3 is 2.70 bits per heavy atom. The fourth-order valence-electron chi connectivity index (χ4n) is 3.31. The normalized spacial score (nSPS) is 13.7. The minimum Gasteiger partial charge on any atom is -0.496 e. The summed E-state index contributed by atoms with van der Waals surface area (Å²) < 4.78 is 10.7. The lowest BCUT2D eigenvalue weighted by Crippen LogP contribution is -2.19. The molecule has 1 N–H and O–H groups in total. The van der Waals surface area contributed by atoms with Gasteiger partial charge in [-0.25, -0.2) is 5.21 Å². The molecule has 0 aliphatic carbocycles. The molecular weight excluding hydrogens is 348 g/mol. The van der Waals surface area contributed by atoms with E-state index in [4.69, 9.17) is 9.26 Å². The second-order valence-electron chi connectivity index (χ2n) is 6.29. The van der Waals surface area contributed by atoms with E-state index >= 15 is 0 Å². The molecule has 8 nitrogen and oxygen atoms in total. The third kappa shape index (κ3) is 3.21. The van der Waals surface area contributed by atoms with Crippen LogP contribution in [0.4, 0.5) is 11.4 Å². The smallest absolute Gasteiger partial charge is 0.340 e. The van der Waals surface area contributed by atoms with E-state index in [0.717, 1.165) is 25.9 Å². The van der Waals surface area contributed by atoms with E-state index in [2.05, 4.69) is 15.0 Å². The van der Waals surface area contributed by atoms with Gasteiger partial charge in [-0.2, -0.15) is 4.98 Å². The molecule has 0 spiro atoms. The van der Waals surface area contributed by atoms with Crippen molar-refractivity contribution in [2.24, 2.45) is 0 Å². The summed E-state index contributed by atoms with van der Waals surface area (Å²) in [4.78, 5) is 18.1. The molecule has 8 heteroatoms. The summed E-state index contributed by atoms with van der Waals surface area (Å²) in [6, 6.07) is 12.5. The first-order chi connectivity index (χ1) is 13.2. The number of hydrogen-bond acceptors (Lipinski definition) is 6. The number of para-hydroxylation sites is 1. The van der Waals surface area contributed by atoms with Gasteiger partial charge in [-0.15, -0.1) is 0 Å². The Hall–Kier alpha value is -3.42. The minimum absolute atomic E-state index is 0.116. The Labute approximate surface area is 155 Å². The Bertz CT molecular complexity index is 979. The molecule has 1 saturated heterocycles. The van der Waals surface area contributed by atoms with E-state index in [-0.39, 0.29) is 16.5 Å². The maximum atomic E-state index is 11.7. The van der Waals surface area contributed by atoms with Crippen molar-refractivity contribution in [2.45, 2.75) is 12.8 Å². The molecule has 0 saturated carbocycles. The van der Waals surface area contributed by atoms with Gasteiger partial charge in [0.15, 0.2) is 0 Å². The number of anilines is 1. The van der Waals surface area contributed by atoms with E-state index in [1.165, 1.54) is 0 Å². The van der Waals surface area contributed by atoms with Gasteiger partial charge in [0.2, 0.25) is 5.82 Å². The Balaban J connectivity index is 1.71. The molecule has 0 atom stereocenters. The molecule has 4 rings (SSSR count). The summed E-state index contributed by atoms with van der Waals surface area (Å²) in [7, 11) is 1.58. The maximum Gasteiger partial charge on any atom is 0.340 e. The quantitative estimate of drug-likeness (QED) is 0.686. The summed E-state index contributed by atoms with van der Waals surface area (Å²) in [6.07, 6.45) is 2.13. The van der Waals surface area contributed by atoms with Gasteiger partial charge in [-0.1, -0.05) is 17.3 Å². The molecule has 3 aromatic rings. The van der Waals surface area contributed by atoms with Gasteiger partial charge in [0.1, 0.15) is 11.4 Å². The predicted octanol–water partition coefficient (Wildman–Crippen LogP) is 3.81. The summed E-state index contributed by atoms with van der Waals surface area (Å²) >= 11 is 0. The second kappa shape index (κ2) is 7.06. The van der Waals surface area contributed by atoms with Crippen LogP contribution in [0.1, 0.15) is 12.8 Å². The van der Waals surface area contributed by atoms with Crippen LogP contribution in [0.25, 0.3) is 22.8 Å². The predicted molar refractivity (Wildman–Crippen MR) is 98.2 cm³/mol. The number of benzene rings is 2. The average Bonchev–Trinajstić information content (AvgIpc) is 3.39. The molecule has 1 aliphatic heterocycles. The van der Waals surface area contributed by atoms with Crippen LogP contribution in [0.2, 0.25) is 0 Å². The molecular formula is C19H19N4O4+. The van der Waals surface area contributed by atoms with Crippen molar-refractivity contribution < 1.29 is 19.4 Å². The highest BCUT2D eigenvalue weighted by atomic mass is 16.6. The Morgan fingerprint density at radius 1 is 1.19 bits per heavy atom. The molecule has 2 heterocycles. The SMILES string of the molecule is COc1ccccc1-c1noc(-c2ccc(N3CCCC3)c([N+](=O)O)c2)n1. The highest BCUT2D eigenvalue weighted by molar-refractivity contribution is 5.72. The van der Waals surface area contributed by atoms with Gasteiger partial charge in [0, 0.05) is 24.7 Å². The summed E-state index contributed by atoms with van der Waals surface area (Å²) in [5, 5.41) is 13.6. The number of methoxy groups -OCH3 is 1. The first kappa shape index (κ1) is 17.0. The van der Waals surface area contributed by atoms with E-state index in [9.17, 15) is 10.1 Å². The number of hydrogen-bond donors (Lipinski definition) is 1. The van der Waals surface area contributed by atoms with Crippen LogP contribution in [-0.4, -0.2) is 40.5 Å². The number of nitrogens with zero attached hydrogens (tertiary/aromatic N) is 4. The zero-order valence-electron chi connectivity index (χ0n) is 14.8. The van der Waals surface area contributed by atoms with Crippen LogP contribution in [-0.2, 0) is 0 Å². The van der Waals surface area contributed by atoms with Crippen molar-refractivity contribution in [2.75, 3.05) is 25.1 Å². The molecule has 1 aromatic heterocycles. The van der Waals surface area contributed by atoms with E-state index in [1.54, 1.807) is 25.3 Å². The van der Waals surface area contributed by atoms with E-state index < -0.39 is 0 Å². The first-order valence-corrected chi connectivity index (χ1v) is 8.70. The average molecular weight is 367 g/mol. The highest BCUT2D eigenvalue weighted by Crippen LogP contribution is 2.35. The third-order valence-corrected chi connectivity index (χ3v) is 4.65. The maximum absolute atomic E-state index is 11.7. The molecule has 0 unspecified atom stereocenters. The van der Waals surface area contributed by atoms with Crippen molar-refractivity contribution >= 4 is 11.4 Å². The lowest BCUT2D eigenvalue weighted by atomic mass is 10.1. The first-order valence-electron chi connectivity index (χ1n) is 8.70. The summed E-state index contributed by atoms with van der Waals surface area (Å²) in [5.74, 6) is 1.28. The lowest BCUT2D eigenvalue weighted by Gasteiger charge is -2.16. The fourth-order valence-corrected chi connectivity index (χ4v) is 3.31. The van der Waals surface area contributed by atoms with Crippen LogP contribution in [0, 0.1) is 4.91 Å². The summed E-state index contributed by atoms with van der Waals surface area (Å²) in [6.45, 7) is 1.72. The van der Waals surface area contributed by atoms with Gasteiger partial charge >= 0.3 is 5.69 Å². The van der Waals surface area contributed by atoms with Gasteiger partial charge < -0.3 is 14.2 Å². The van der Waals surface area contributed by atoms with Crippen molar-refractivity contribution in [3.63, 3.8) is 0 Å². The van der Waals surface area contributed by atoms with Crippen LogP contribution >= 0.6 is 0 Å². The van der Waals surface area contributed by atoms with Crippen LogP contribution in [0.3, 0.4) is 0 Å². The van der Waals surface area contributed by atoms with Gasteiger partial charge in [0.05, 0.1) is 17.6 Å². The lowest BCUT2D eigenvalue weighted by molar-refractivity contribution is -0.729. The minimum atomic E-state index is -0.116. The van der Waals surface area contributed by atoms with Crippen molar-refractivity contribution in [1.82, 2.24) is 10.1 Å². The molecule has 0 amide bonds. The van der Waals surface area contributed by atoms with Crippen molar-refractivity contribution in [1.29, 1.82) is 0 Å². The third-order valence-electron chi connectivity index (χ3n) is 4.65. The fraction of sp³-hybridized carbons (Fsp3) is 0.263. The van der Waals surface area contributed by atoms with Crippen LogP contribution < -0.4 is 9.64 Å². The van der Waals surface area contributed by atoms with Crippen LogP contribution in [0.5, 0.6) is 5.75 Å². The highest BCUT2D eigenvalue weighted by Gasteiger charge is 2.27. The number of rotatable bonds is 5. The molecule has 1 aliphatic rings. The molecule has 2 aromatic carbocycles. The molecule has 0 bridgehead atoms. The van der Waals surface area contributed by atoms with E-state index in [0.29, 0.717) is 28.4 Å². The van der Waals surface area contributed by atoms with Crippen molar-refractivity contribution in [3.8, 4) is 28.6 Å². The van der Waals surface area contributed by atoms with Gasteiger partial charge in [-0.3, -0.25) is 0 Å². The molecule has 0 radical (unpaired) electrons. The number of ether oxygens (including phenoxy) is 1. The largest absolute Gasteiger partial charge is 0.496 e. The standard InChI is InChI=1S/C19H19N4O4/c1-26-17-7-3-2-6-14(17)18-20-19(27-21-18)13-8-9-15(16(12-13)23(24)25)22-10-4-5-11-22/h2-3,6-9,12H,4-5,10-11H2,1H3,(H,24,25)/q+1. The summed E-state index contributed by atoms with van der Waals surface area (Å²) in [5.41, 5.74) is 2.11. The molecule has 1 fully saturated rings. The Kier molecular flexibility index (Phi) is 4.45. The Morgan fingerprint density at radius 2 is 1.96 bits per heavy atom. The monoisotopic (exact) mass is 367 g/mol. The van der Waals surface area contributed by atoms with Crippen LogP contribution in [0.15, 0.2) is 47.0 Å². The molecule has 138 valence electrons.